The smallest absolute Gasteiger partial charge is 0.187 e. The Kier molecular flexibility index (Phi) is 14.1. The van der Waals surface area contributed by atoms with Crippen LogP contribution in [0, 0.1) is 0 Å². The maximum atomic E-state index is 11.2. The Hall–Kier alpha value is -0.800. The summed E-state index contributed by atoms with van der Waals surface area (Å²) < 4.78 is 49.9. The minimum Gasteiger partial charge on any atom is -0.394 e. The van der Waals surface area contributed by atoms with Crippen LogP contribution in [0.5, 0.6) is 0 Å². The molecule has 0 spiro atoms. The topological polar surface area (TPSA) is 306 Å². The number of hydrogen-bond donors (Lipinski definition) is 11. The highest BCUT2D eigenvalue weighted by Crippen LogP contribution is 2.34. The zero-order valence-corrected chi connectivity index (χ0v) is 26.0. The van der Waals surface area contributed by atoms with E-state index in [9.17, 15) is 56.2 Å². The molecule has 4 fully saturated rings. The van der Waals surface area contributed by atoms with Crippen LogP contribution in [0.2, 0.25) is 0 Å². The number of hydrogen-bond acceptors (Lipinski definition) is 20. The average molecular weight is 693 g/mol. The van der Waals surface area contributed by atoms with Crippen LogP contribution >= 0.6 is 0 Å². The summed E-state index contributed by atoms with van der Waals surface area (Å²) in [7, 11) is 2.46. The van der Waals surface area contributed by atoms with E-state index in [1.807, 2.05) is 0 Å². The van der Waals surface area contributed by atoms with Crippen molar-refractivity contribution in [1.29, 1.82) is 0 Å². The van der Waals surface area contributed by atoms with Gasteiger partial charge < -0.3 is 98.8 Å². The van der Waals surface area contributed by atoms with Gasteiger partial charge in [0.05, 0.1) is 32.5 Å². The fourth-order valence-corrected chi connectivity index (χ4v) is 6.20. The quantitative estimate of drug-likeness (QED) is 0.0905. The molecule has 20 heteroatoms. The van der Waals surface area contributed by atoms with Gasteiger partial charge in [-0.05, 0) is 6.92 Å². The number of aliphatic hydroxyl groups excluding tert-OH is 11. The van der Waals surface area contributed by atoms with Crippen molar-refractivity contribution in [3.05, 3.63) is 0 Å². The maximum Gasteiger partial charge on any atom is 0.187 e. The zero-order chi connectivity index (χ0) is 34.7. The summed E-state index contributed by atoms with van der Waals surface area (Å²) in [6, 6.07) is 0. The molecular formula is C27H48O20. The Bertz CT molecular complexity index is 944. The fourth-order valence-electron chi connectivity index (χ4n) is 6.20. The van der Waals surface area contributed by atoms with E-state index < -0.39 is 149 Å². The van der Waals surface area contributed by atoms with Crippen LogP contribution < -0.4 is 0 Å². The summed E-state index contributed by atoms with van der Waals surface area (Å²) in [6.45, 7) is -1.14. The zero-order valence-electron chi connectivity index (χ0n) is 26.0. The second-order valence-corrected chi connectivity index (χ2v) is 11.9. The van der Waals surface area contributed by atoms with Crippen molar-refractivity contribution in [2.24, 2.45) is 0 Å². The van der Waals surface area contributed by atoms with Crippen molar-refractivity contribution in [1.82, 2.24) is 0 Å². The van der Waals surface area contributed by atoms with Crippen LogP contribution in [0.25, 0.3) is 0 Å². The Labute approximate surface area is 269 Å². The summed E-state index contributed by atoms with van der Waals surface area (Å²) in [5.74, 6) is 0. The molecule has 4 aliphatic rings. The lowest BCUT2D eigenvalue weighted by atomic mass is 9.94. The highest BCUT2D eigenvalue weighted by atomic mass is 16.8. The van der Waals surface area contributed by atoms with Gasteiger partial charge in [0, 0.05) is 14.2 Å². The summed E-state index contributed by atoms with van der Waals surface area (Å²) >= 11 is 0. The predicted molar refractivity (Wildman–Crippen MR) is 147 cm³/mol. The van der Waals surface area contributed by atoms with Crippen LogP contribution in [0.1, 0.15) is 6.92 Å². The monoisotopic (exact) mass is 692 g/mol. The minimum atomic E-state index is -1.95. The Morgan fingerprint density at radius 3 is 1.28 bits per heavy atom. The predicted octanol–water partition coefficient (Wildman–Crippen LogP) is -7.37. The molecule has 4 heterocycles. The Balaban J connectivity index is 1.57. The number of rotatable bonds is 12. The van der Waals surface area contributed by atoms with Gasteiger partial charge in [0.25, 0.3) is 0 Å². The van der Waals surface area contributed by atoms with Gasteiger partial charge >= 0.3 is 0 Å². The van der Waals surface area contributed by atoms with E-state index in [1.54, 1.807) is 0 Å². The normalized spacial score (nSPS) is 51.2. The van der Waals surface area contributed by atoms with Gasteiger partial charge in [0.2, 0.25) is 0 Å². The van der Waals surface area contributed by atoms with Crippen molar-refractivity contribution >= 4 is 0 Å². The van der Waals surface area contributed by atoms with E-state index in [-0.39, 0.29) is 0 Å². The van der Waals surface area contributed by atoms with Gasteiger partial charge in [-0.3, -0.25) is 0 Å². The molecule has 276 valence electrons. The van der Waals surface area contributed by atoms with Crippen LogP contribution in [0.4, 0.5) is 0 Å². The average Bonchev–Trinajstić information content (AvgIpc) is 3.06. The van der Waals surface area contributed by atoms with Crippen molar-refractivity contribution in [2.45, 2.75) is 130 Å². The van der Waals surface area contributed by atoms with Crippen LogP contribution in [-0.2, 0) is 42.6 Å². The first-order valence-corrected chi connectivity index (χ1v) is 15.2. The summed E-state index contributed by atoms with van der Waals surface area (Å²) in [5, 5.41) is 115. The van der Waals surface area contributed by atoms with Gasteiger partial charge in [-0.1, -0.05) is 0 Å². The first-order valence-electron chi connectivity index (χ1n) is 15.2. The third-order valence-corrected chi connectivity index (χ3v) is 8.94. The van der Waals surface area contributed by atoms with E-state index >= 15 is 0 Å². The number of methoxy groups -OCH3 is 2. The minimum absolute atomic E-state index is 0.620. The second kappa shape index (κ2) is 16.9. The van der Waals surface area contributed by atoms with Crippen molar-refractivity contribution < 1.29 is 98.8 Å². The third-order valence-electron chi connectivity index (χ3n) is 8.94. The summed E-state index contributed by atoms with van der Waals surface area (Å²) in [5.41, 5.74) is 0. The van der Waals surface area contributed by atoms with Crippen molar-refractivity contribution in [2.75, 3.05) is 40.6 Å². The fraction of sp³-hybridized carbons (Fsp3) is 1.00. The van der Waals surface area contributed by atoms with Crippen molar-refractivity contribution in [3.8, 4) is 0 Å². The molecule has 11 N–H and O–H groups in total. The van der Waals surface area contributed by atoms with Gasteiger partial charge in [-0.15, -0.1) is 0 Å². The molecule has 20 unspecified atom stereocenters. The van der Waals surface area contributed by atoms with E-state index in [0.717, 1.165) is 0 Å². The molecular weight excluding hydrogens is 644 g/mol. The Morgan fingerprint density at radius 1 is 0.447 bits per heavy atom. The van der Waals surface area contributed by atoms with E-state index in [2.05, 4.69) is 0 Å². The number of ether oxygens (including phenoxy) is 9. The lowest BCUT2D eigenvalue weighted by molar-refractivity contribution is -0.379. The van der Waals surface area contributed by atoms with E-state index in [1.165, 1.54) is 21.1 Å². The van der Waals surface area contributed by atoms with Gasteiger partial charge in [0.1, 0.15) is 97.7 Å². The first kappa shape index (κ1) is 39.0. The first-order chi connectivity index (χ1) is 22.3. The molecule has 20 nitrogen and oxygen atoms in total. The van der Waals surface area contributed by atoms with E-state index in [4.69, 9.17) is 42.6 Å². The molecule has 4 saturated heterocycles. The largest absolute Gasteiger partial charge is 0.394 e. The SMILES string of the molecule is COC1C(CO)OC(OCC2OC(OC3C(CO)OC(C)C(O)C3O)C(O)C(O)C2OC2OC(CO)C(OC)C(O)C2O)C(O)C1O. The maximum absolute atomic E-state index is 11.2. The molecule has 47 heavy (non-hydrogen) atoms. The summed E-state index contributed by atoms with van der Waals surface area (Å²) in [4.78, 5) is 0. The molecule has 0 aliphatic carbocycles. The molecule has 0 aromatic carbocycles. The molecule has 0 saturated carbocycles. The third kappa shape index (κ3) is 8.08. The summed E-state index contributed by atoms with van der Waals surface area (Å²) in [6.07, 6.45) is -30.1. The molecule has 4 aliphatic heterocycles. The van der Waals surface area contributed by atoms with E-state index in [0.29, 0.717) is 0 Å². The lowest BCUT2D eigenvalue weighted by Gasteiger charge is -2.48. The molecule has 0 amide bonds. The standard InChI is InChI=1S/C27H48O20/c1-8-13(31)14(32)23(11(6-30)42-8)46-27-20(38)17(35)24(47-26-19(37)16(34)22(40-3)10(5-29)44-26)12(45-27)7-41-25-18(36)15(33)21(39-2)9(4-28)43-25/h8-38H,4-7H2,1-3H3. The molecule has 4 rings (SSSR count). The molecule has 0 bridgehead atoms. The van der Waals surface area contributed by atoms with Gasteiger partial charge in [0.15, 0.2) is 18.9 Å². The lowest BCUT2D eigenvalue weighted by Crippen LogP contribution is -2.67. The van der Waals surface area contributed by atoms with Crippen LogP contribution in [0.3, 0.4) is 0 Å². The van der Waals surface area contributed by atoms with Crippen LogP contribution in [0.15, 0.2) is 0 Å². The second-order valence-electron chi connectivity index (χ2n) is 11.9. The highest BCUT2D eigenvalue weighted by Gasteiger charge is 2.54. The molecule has 0 radical (unpaired) electrons. The molecule has 0 aromatic heterocycles. The van der Waals surface area contributed by atoms with Gasteiger partial charge in [-0.2, -0.15) is 0 Å². The molecule has 0 aromatic rings. The van der Waals surface area contributed by atoms with Crippen LogP contribution in [-0.4, -0.2) is 219 Å². The highest BCUT2D eigenvalue weighted by molar-refractivity contribution is 4.97. The van der Waals surface area contributed by atoms with Gasteiger partial charge in [-0.25, -0.2) is 0 Å². The Morgan fingerprint density at radius 2 is 0.809 bits per heavy atom. The number of aliphatic hydroxyl groups is 11. The van der Waals surface area contributed by atoms with Crippen molar-refractivity contribution in [3.63, 3.8) is 0 Å². The molecule has 20 atom stereocenters.